The third-order valence-corrected chi connectivity index (χ3v) is 6.31. The highest BCUT2D eigenvalue weighted by molar-refractivity contribution is 7.92. The summed E-state index contributed by atoms with van der Waals surface area (Å²) in [4.78, 5) is 25.4. The van der Waals surface area contributed by atoms with Crippen LogP contribution in [-0.2, 0) is 26.0 Å². The van der Waals surface area contributed by atoms with Gasteiger partial charge in [-0.1, -0.05) is 6.07 Å². The van der Waals surface area contributed by atoms with Gasteiger partial charge in [0.05, 0.1) is 10.6 Å². The van der Waals surface area contributed by atoms with E-state index >= 15 is 0 Å². The Morgan fingerprint density at radius 3 is 2.36 bits per heavy atom. The third-order valence-electron chi connectivity index (χ3n) is 4.91. The minimum atomic E-state index is -3.78. The average Bonchev–Trinajstić information content (AvgIpc) is 3.41. The van der Waals surface area contributed by atoms with E-state index in [2.05, 4.69) is 10.0 Å². The SMILES string of the molecule is CC(=O)Nc1ccc(S(=O)(=O)Nc2ccc3c(c2)N(C(=O)C2CC2)CC3)cc1. The van der Waals surface area contributed by atoms with Crippen LogP contribution in [-0.4, -0.2) is 26.8 Å². The Morgan fingerprint density at radius 2 is 1.71 bits per heavy atom. The van der Waals surface area contributed by atoms with E-state index in [1.54, 1.807) is 17.0 Å². The Hall–Kier alpha value is -2.87. The van der Waals surface area contributed by atoms with Crippen molar-refractivity contribution in [2.45, 2.75) is 31.1 Å². The topological polar surface area (TPSA) is 95.6 Å². The van der Waals surface area contributed by atoms with Gasteiger partial charge in [0.2, 0.25) is 11.8 Å². The summed E-state index contributed by atoms with van der Waals surface area (Å²) in [5.74, 6) is 0.0258. The van der Waals surface area contributed by atoms with E-state index in [-0.39, 0.29) is 22.6 Å². The number of hydrogen-bond donors (Lipinski definition) is 2. The number of carbonyl (C=O) groups excluding carboxylic acids is 2. The highest BCUT2D eigenvalue weighted by Gasteiger charge is 2.36. The van der Waals surface area contributed by atoms with E-state index in [1.807, 2.05) is 6.07 Å². The summed E-state index contributed by atoms with van der Waals surface area (Å²) in [5.41, 5.74) is 2.79. The van der Waals surface area contributed by atoms with Crippen molar-refractivity contribution in [2.75, 3.05) is 21.5 Å². The van der Waals surface area contributed by atoms with Gasteiger partial charge in [-0.05, 0) is 61.2 Å². The van der Waals surface area contributed by atoms with Gasteiger partial charge >= 0.3 is 0 Å². The van der Waals surface area contributed by atoms with Crippen LogP contribution in [0, 0.1) is 5.92 Å². The first-order valence-electron chi connectivity index (χ1n) is 9.18. The van der Waals surface area contributed by atoms with Crippen LogP contribution in [0.1, 0.15) is 25.3 Å². The van der Waals surface area contributed by atoms with Crippen molar-refractivity contribution in [3.63, 3.8) is 0 Å². The van der Waals surface area contributed by atoms with Crippen LogP contribution in [0.25, 0.3) is 0 Å². The molecule has 1 aliphatic carbocycles. The maximum atomic E-state index is 12.7. The second-order valence-corrected chi connectivity index (χ2v) is 8.85. The molecule has 0 radical (unpaired) electrons. The number of fused-ring (bicyclic) bond motifs is 1. The summed E-state index contributed by atoms with van der Waals surface area (Å²) in [7, 11) is -3.78. The van der Waals surface area contributed by atoms with Gasteiger partial charge in [-0.3, -0.25) is 14.3 Å². The number of carbonyl (C=O) groups is 2. The van der Waals surface area contributed by atoms with Crippen LogP contribution in [0.2, 0.25) is 0 Å². The van der Waals surface area contributed by atoms with Gasteiger partial charge in [0.1, 0.15) is 0 Å². The molecule has 2 N–H and O–H groups in total. The molecule has 146 valence electrons. The lowest BCUT2D eigenvalue weighted by atomic mass is 10.1. The van der Waals surface area contributed by atoms with E-state index in [0.29, 0.717) is 17.9 Å². The van der Waals surface area contributed by atoms with E-state index in [4.69, 9.17) is 0 Å². The minimum Gasteiger partial charge on any atom is -0.326 e. The Balaban J connectivity index is 1.54. The van der Waals surface area contributed by atoms with Crippen LogP contribution in [0.4, 0.5) is 17.1 Å². The molecule has 1 fully saturated rings. The van der Waals surface area contributed by atoms with E-state index in [9.17, 15) is 18.0 Å². The number of sulfonamides is 1. The lowest BCUT2D eigenvalue weighted by Crippen LogP contribution is -2.30. The molecule has 0 unspecified atom stereocenters. The predicted octanol–water partition coefficient (Wildman–Crippen LogP) is 2.74. The molecule has 1 heterocycles. The lowest BCUT2D eigenvalue weighted by Gasteiger charge is -2.18. The van der Waals surface area contributed by atoms with Crippen molar-refractivity contribution in [1.82, 2.24) is 0 Å². The highest BCUT2D eigenvalue weighted by atomic mass is 32.2. The summed E-state index contributed by atoms with van der Waals surface area (Å²) >= 11 is 0. The number of rotatable bonds is 5. The monoisotopic (exact) mass is 399 g/mol. The molecule has 0 bridgehead atoms. The first-order chi connectivity index (χ1) is 13.3. The summed E-state index contributed by atoms with van der Waals surface area (Å²) < 4.78 is 28.0. The van der Waals surface area contributed by atoms with Gasteiger partial charge in [-0.25, -0.2) is 8.42 Å². The number of benzene rings is 2. The molecule has 0 saturated heterocycles. The molecule has 1 saturated carbocycles. The third kappa shape index (κ3) is 3.73. The van der Waals surface area contributed by atoms with Crippen molar-refractivity contribution in [1.29, 1.82) is 0 Å². The molecule has 7 nitrogen and oxygen atoms in total. The molecular formula is C20H21N3O4S. The molecule has 4 rings (SSSR count). The summed E-state index contributed by atoms with van der Waals surface area (Å²) in [5, 5.41) is 2.60. The fraction of sp³-hybridized carbons (Fsp3) is 0.300. The zero-order chi connectivity index (χ0) is 19.9. The van der Waals surface area contributed by atoms with Gasteiger partial charge in [0, 0.05) is 30.8 Å². The minimum absolute atomic E-state index is 0.0908. The van der Waals surface area contributed by atoms with Gasteiger partial charge in [0.25, 0.3) is 10.0 Å². The van der Waals surface area contributed by atoms with E-state index in [1.165, 1.54) is 31.2 Å². The Bertz CT molecular complexity index is 1040. The standard InChI is InChI=1S/C20H21N3O4S/c1-13(24)21-16-6-8-18(9-7-16)28(26,27)22-17-5-4-14-10-11-23(19(14)12-17)20(25)15-2-3-15/h4-9,12,15,22H,2-3,10-11H2,1H3,(H,21,24). The summed E-state index contributed by atoms with van der Waals surface area (Å²) in [6.07, 6.45) is 2.66. The number of amides is 2. The van der Waals surface area contributed by atoms with Crippen LogP contribution < -0.4 is 14.9 Å². The van der Waals surface area contributed by atoms with Gasteiger partial charge in [-0.2, -0.15) is 0 Å². The number of nitrogens with one attached hydrogen (secondary N) is 2. The Morgan fingerprint density at radius 1 is 1.04 bits per heavy atom. The molecular weight excluding hydrogens is 378 g/mol. The second kappa shape index (κ2) is 6.94. The van der Waals surface area contributed by atoms with Crippen molar-refractivity contribution in [2.24, 2.45) is 5.92 Å². The Labute approximate surface area is 163 Å². The quantitative estimate of drug-likeness (QED) is 0.808. The zero-order valence-electron chi connectivity index (χ0n) is 15.4. The lowest BCUT2D eigenvalue weighted by molar-refractivity contribution is -0.119. The van der Waals surface area contributed by atoms with Gasteiger partial charge < -0.3 is 10.2 Å². The molecule has 0 spiro atoms. The average molecular weight is 399 g/mol. The first kappa shape index (κ1) is 18.5. The molecule has 2 aliphatic rings. The summed E-state index contributed by atoms with van der Waals surface area (Å²) in [6, 6.07) is 11.3. The molecule has 2 aromatic rings. The molecule has 0 aromatic heterocycles. The van der Waals surface area contributed by atoms with Crippen LogP contribution >= 0.6 is 0 Å². The zero-order valence-corrected chi connectivity index (χ0v) is 16.3. The van der Waals surface area contributed by atoms with Crippen molar-refractivity contribution >= 4 is 38.9 Å². The van der Waals surface area contributed by atoms with Gasteiger partial charge in [-0.15, -0.1) is 0 Å². The summed E-state index contributed by atoms with van der Waals surface area (Å²) in [6.45, 7) is 2.03. The smallest absolute Gasteiger partial charge is 0.261 e. The number of anilines is 3. The molecule has 8 heteroatoms. The molecule has 0 atom stereocenters. The number of nitrogens with zero attached hydrogens (tertiary/aromatic N) is 1. The maximum absolute atomic E-state index is 12.7. The maximum Gasteiger partial charge on any atom is 0.261 e. The van der Waals surface area contributed by atoms with E-state index < -0.39 is 10.0 Å². The largest absolute Gasteiger partial charge is 0.326 e. The van der Waals surface area contributed by atoms with Crippen molar-refractivity contribution in [3.05, 3.63) is 48.0 Å². The molecule has 28 heavy (non-hydrogen) atoms. The van der Waals surface area contributed by atoms with Crippen LogP contribution in [0.5, 0.6) is 0 Å². The Kier molecular flexibility index (Phi) is 4.58. The fourth-order valence-electron chi connectivity index (χ4n) is 3.36. The van der Waals surface area contributed by atoms with E-state index in [0.717, 1.165) is 30.5 Å². The first-order valence-corrected chi connectivity index (χ1v) is 10.7. The molecule has 2 amide bonds. The van der Waals surface area contributed by atoms with Crippen LogP contribution in [0.3, 0.4) is 0 Å². The molecule has 1 aliphatic heterocycles. The highest BCUT2D eigenvalue weighted by Crippen LogP contribution is 2.37. The normalized spacial score (nSPS) is 15.8. The fourth-order valence-corrected chi connectivity index (χ4v) is 4.41. The second-order valence-electron chi connectivity index (χ2n) is 7.17. The molecule has 2 aromatic carbocycles. The van der Waals surface area contributed by atoms with Crippen LogP contribution in [0.15, 0.2) is 47.4 Å². The van der Waals surface area contributed by atoms with Crippen molar-refractivity contribution < 1.29 is 18.0 Å². The number of hydrogen-bond acceptors (Lipinski definition) is 4. The predicted molar refractivity (Wildman–Crippen MR) is 107 cm³/mol. The van der Waals surface area contributed by atoms with Crippen molar-refractivity contribution in [3.8, 4) is 0 Å². The van der Waals surface area contributed by atoms with Gasteiger partial charge in [0.15, 0.2) is 0 Å².